The molecule has 3 N–H and O–H groups in total. The highest BCUT2D eigenvalue weighted by Crippen LogP contribution is 2.22. The Balaban J connectivity index is 2.01. The Morgan fingerprint density at radius 3 is 1.67 bits per heavy atom. The fourth-order valence-corrected chi connectivity index (χ4v) is 5.01. The third-order valence-electron chi connectivity index (χ3n) is 5.14. The van der Waals surface area contributed by atoms with Crippen molar-refractivity contribution in [3.05, 3.63) is 24.3 Å². The Morgan fingerprint density at radius 2 is 1.19 bits per heavy atom. The second-order valence-corrected chi connectivity index (χ2v) is 9.63. The summed E-state index contributed by atoms with van der Waals surface area (Å²) in [6.45, 7) is 2.26. The van der Waals surface area contributed by atoms with Crippen LogP contribution in [0.4, 0.5) is 5.69 Å². The van der Waals surface area contributed by atoms with Crippen LogP contribution < -0.4 is 11.3 Å². The molecule has 0 fully saturated rings. The lowest BCUT2D eigenvalue weighted by molar-refractivity contribution is 0.537. The summed E-state index contributed by atoms with van der Waals surface area (Å²) < 4.78 is 24.9. The number of benzene rings is 1. The number of sulfone groups is 1. The van der Waals surface area contributed by atoms with Gasteiger partial charge in [0, 0.05) is 0 Å². The molecule has 156 valence electrons. The molecule has 0 heterocycles. The van der Waals surface area contributed by atoms with Crippen molar-refractivity contribution in [2.24, 2.45) is 5.84 Å². The fraction of sp³-hybridized carbons (Fsp3) is 0.727. The number of nitrogens with one attached hydrogen (secondary N) is 1. The van der Waals surface area contributed by atoms with Gasteiger partial charge in [-0.2, -0.15) is 0 Å². The Hall–Kier alpha value is -1.07. The smallest absolute Gasteiger partial charge is 0.180 e. The number of anilines is 1. The average Bonchev–Trinajstić information content (AvgIpc) is 2.68. The lowest BCUT2D eigenvalue weighted by Crippen LogP contribution is -2.14. The van der Waals surface area contributed by atoms with Crippen LogP contribution in [-0.4, -0.2) is 14.2 Å². The van der Waals surface area contributed by atoms with Crippen LogP contribution in [0.1, 0.15) is 96.8 Å². The molecule has 0 aliphatic rings. The number of rotatable bonds is 17. The molecule has 27 heavy (non-hydrogen) atoms. The summed E-state index contributed by atoms with van der Waals surface area (Å²) in [6.07, 6.45) is 17.7. The van der Waals surface area contributed by atoms with Crippen molar-refractivity contribution in [1.29, 1.82) is 0 Å². The van der Waals surface area contributed by atoms with Crippen molar-refractivity contribution in [3.8, 4) is 0 Å². The van der Waals surface area contributed by atoms with E-state index < -0.39 is 9.84 Å². The molecule has 1 rings (SSSR count). The summed E-state index contributed by atoms with van der Waals surface area (Å²) in [5.74, 6) is 5.61. The SMILES string of the molecule is CCCCCCCCCCCCCCCCS(=O)(=O)c1ccccc1NN. The number of hydrogen-bond acceptors (Lipinski definition) is 4. The van der Waals surface area contributed by atoms with Crippen molar-refractivity contribution < 1.29 is 8.42 Å². The van der Waals surface area contributed by atoms with E-state index in [9.17, 15) is 8.42 Å². The normalized spacial score (nSPS) is 11.6. The molecule has 0 aliphatic heterocycles. The van der Waals surface area contributed by atoms with E-state index in [4.69, 9.17) is 5.84 Å². The van der Waals surface area contributed by atoms with Gasteiger partial charge < -0.3 is 5.43 Å². The zero-order valence-corrected chi connectivity index (χ0v) is 18.0. The fourth-order valence-electron chi connectivity index (χ4n) is 3.45. The zero-order valence-electron chi connectivity index (χ0n) is 17.2. The summed E-state index contributed by atoms with van der Waals surface area (Å²) in [4.78, 5) is 0.308. The second kappa shape index (κ2) is 14.9. The van der Waals surface area contributed by atoms with Crippen molar-refractivity contribution in [2.45, 2.75) is 102 Å². The largest absolute Gasteiger partial charge is 0.323 e. The Bertz CT molecular complexity index is 588. The highest BCUT2D eigenvalue weighted by Gasteiger charge is 2.17. The van der Waals surface area contributed by atoms with E-state index in [2.05, 4.69) is 12.3 Å². The molecule has 0 radical (unpaired) electrons. The van der Waals surface area contributed by atoms with Crippen LogP contribution in [0.5, 0.6) is 0 Å². The van der Waals surface area contributed by atoms with Gasteiger partial charge in [-0.05, 0) is 18.6 Å². The molecule has 0 unspecified atom stereocenters. The maximum atomic E-state index is 12.4. The minimum absolute atomic E-state index is 0.198. The van der Waals surface area contributed by atoms with E-state index in [0.717, 1.165) is 19.3 Å². The molecule has 0 aromatic heterocycles. The average molecular weight is 397 g/mol. The topological polar surface area (TPSA) is 72.2 Å². The van der Waals surface area contributed by atoms with Crippen LogP contribution in [0.15, 0.2) is 29.2 Å². The van der Waals surface area contributed by atoms with Crippen LogP contribution in [0, 0.1) is 0 Å². The van der Waals surface area contributed by atoms with Crippen molar-refractivity contribution in [2.75, 3.05) is 11.2 Å². The quantitative estimate of drug-likeness (QED) is 0.186. The molecule has 0 spiro atoms. The second-order valence-electron chi connectivity index (χ2n) is 7.56. The van der Waals surface area contributed by atoms with Crippen LogP contribution in [0.3, 0.4) is 0 Å². The maximum absolute atomic E-state index is 12.4. The van der Waals surface area contributed by atoms with Gasteiger partial charge in [-0.1, -0.05) is 103 Å². The number of nitrogens with two attached hydrogens (primary N) is 1. The maximum Gasteiger partial charge on any atom is 0.180 e. The predicted molar refractivity (Wildman–Crippen MR) is 117 cm³/mol. The Morgan fingerprint density at radius 1 is 0.741 bits per heavy atom. The monoisotopic (exact) mass is 396 g/mol. The van der Waals surface area contributed by atoms with Gasteiger partial charge in [0.05, 0.1) is 16.3 Å². The molecule has 0 amide bonds. The molecule has 0 atom stereocenters. The Labute approximate surface area is 167 Å². The van der Waals surface area contributed by atoms with Crippen molar-refractivity contribution in [3.63, 3.8) is 0 Å². The van der Waals surface area contributed by atoms with E-state index in [1.807, 2.05) is 0 Å². The molecule has 4 nitrogen and oxygen atoms in total. The van der Waals surface area contributed by atoms with Gasteiger partial charge in [0.15, 0.2) is 9.84 Å². The summed E-state index contributed by atoms with van der Waals surface area (Å²) >= 11 is 0. The number of hydrazine groups is 1. The summed E-state index contributed by atoms with van der Waals surface area (Å²) in [7, 11) is -3.26. The van der Waals surface area contributed by atoms with E-state index in [-0.39, 0.29) is 5.75 Å². The number of unbranched alkanes of at least 4 members (excludes halogenated alkanes) is 13. The first-order valence-electron chi connectivity index (χ1n) is 10.9. The van der Waals surface area contributed by atoms with E-state index >= 15 is 0 Å². The van der Waals surface area contributed by atoms with E-state index in [1.54, 1.807) is 24.3 Å². The summed E-state index contributed by atoms with van der Waals surface area (Å²) in [5, 5.41) is 0. The first-order valence-corrected chi connectivity index (χ1v) is 12.6. The van der Waals surface area contributed by atoms with Gasteiger partial charge >= 0.3 is 0 Å². The standard InChI is InChI=1S/C22H40N2O2S/c1-2-3-4-5-6-7-8-9-10-11-12-13-14-17-20-27(25,26)22-19-16-15-18-21(22)24-23/h15-16,18-19,24H,2-14,17,20,23H2,1H3. The summed E-state index contributed by atoms with van der Waals surface area (Å²) in [5.41, 5.74) is 2.95. The molecule has 0 aliphatic carbocycles. The third-order valence-corrected chi connectivity index (χ3v) is 7.00. The Kier molecular flexibility index (Phi) is 13.2. The van der Waals surface area contributed by atoms with Gasteiger partial charge in [-0.15, -0.1) is 0 Å². The predicted octanol–water partition coefficient (Wildman–Crippen LogP) is 6.23. The van der Waals surface area contributed by atoms with Crippen LogP contribution in [-0.2, 0) is 9.84 Å². The van der Waals surface area contributed by atoms with Crippen molar-refractivity contribution in [1.82, 2.24) is 0 Å². The third kappa shape index (κ3) is 10.7. The molecule has 1 aromatic rings. The minimum atomic E-state index is -3.26. The van der Waals surface area contributed by atoms with E-state index in [1.165, 1.54) is 70.6 Å². The molecular formula is C22H40N2O2S. The lowest BCUT2D eigenvalue weighted by atomic mass is 10.0. The highest BCUT2D eigenvalue weighted by molar-refractivity contribution is 7.91. The van der Waals surface area contributed by atoms with Gasteiger partial charge in [0.25, 0.3) is 0 Å². The van der Waals surface area contributed by atoms with Crippen LogP contribution >= 0.6 is 0 Å². The van der Waals surface area contributed by atoms with Gasteiger partial charge in [-0.3, -0.25) is 5.84 Å². The van der Waals surface area contributed by atoms with Crippen LogP contribution in [0.2, 0.25) is 0 Å². The van der Waals surface area contributed by atoms with Crippen molar-refractivity contribution >= 4 is 15.5 Å². The molecule has 5 heteroatoms. The number of para-hydroxylation sites is 1. The first kappa shape index (κ1) is 24.0. The molecular weight excluding hydrogens is 356 g/mol. The lowest BCUT2D eigenvalue weighted by Gasteiger charge is -2.09. The summed E-state index contributed by atoms with van der Waals surface area (Å²) in [6, 6.07) is 6.83. The van der Waals surface area contributed by atoms with Gasteiger partial charge in [0.1, 0.15) is 0 Å². The van der Waals surface area contributed by atoms with Gasteiger partial charge in [-0.25, -0.2) is 8.42 Å². The van der Waals surface area contributed by atoms with E-state index in [0.29, 0.717) is 10.6 Å². The molecule has 0 bridgehead atoms. The minimum Gasteiger partial charge on any atom is -0.323 e. The molecule has 1 aromatic carbocycles. The zero-order chi connectivity index (χ0) is 19.8. The molecule has 0 saturated carbocycles. The highest BCUT2D eigenvalue weighted by atomic mass is 32.2. The van der Waals surface area contributed by atoms with Crippen LogP contribution in [0.25, 0.3) is 0 Å². The number of hydrogen-bond donors (Lipinski definition) is 2. The number of nitrogen functional groups attached to an aromatic ring is 1. The molecule has 0 saturated heterocycles. The van der Waals surface area contributed by atoms with Gasteiger partial charge in [0.2, 0.25) is 0 Å². The first-order chi connectivity index (χ1) is 13.1.